The van der Waals surface area contributed by atoms with Crippen molar-refractivity contribution in [3.63, 3.8) is 0 Å². The second-order valence-electron chi connectivity index (χ2n) is 14.2. The fourth-order valence-electron chi connectivity index (χ4n) is 7.41. The number of fused-ring (bicyclic) bond motifs is 1. The first-order valence-electron chi connectivity index (χ1n) is 11.9. The fraction of sp³-hybridized carbons (Fsp3) is 0.692. The van der Waals surface area contributed by atoms with E-state index in [0.29, 0.717) is 11.3 Å². The molecule has 3 aliphatic carbocycles. The molecule has 1 fully saturated rings. The molecule has 2 atom stereocenters. The van der Waals surface area contributed by atoms with Gasteiger partial charge in [0.15, 0.2) is 0 Å². The minimum atomic E-state index is -4.30. The summed E-state index contributed by atoms with van der Waals surface area (Å²) in [5, 5.41) is 0. The van der Waals surface area contributed by atoms with Crippen LogP contribution in [-0.2, 0) is 15.6 Å². The fourth-order valence-corrected chi connectivity index (χ4v) is 40.3. The molecule has 0 N–H and O–H groups in total. The Labute approximate surface area is 164 Å². The molecule has 0 aliphatic heterocycles. The minimum absolute atomic E-state index is 0.301. The van der Waals surface area contributed by atoms with E-state index < -0.39 is 15.6 Å². The molecule has 0 aromatic rings. The Morgan fingerprint density at radius 1 is 1.04 bits per heavy atom. The van der Waals surface area contributed by atoms with E-state index in [1.807, 2.05) is 8.90 Å². The van der Waals surface area contributed by atoms with Gasteiger partial charge < -0.3 is 0 Å². The van der Waals surface area contributed by atoms with Crippen molar-refractivity contribution in [1.29, 1.82) is 0 Å². The van der Waals surface area contributed by atoms with Gasteiger partial charge in [-0.1, -0.05) is 0 Å². The summed E-state index contributed by atoms with van der Waals surface area (Å²) in [4.78, 5) is 0. The maximum atomic E-state index is 2.84. The van der Waals surface area contributed by atoms with Crippen LogP contribution in [0.1, 0.15) is 65.7 Å². The van der Waals surface area contributed by atoms with Gasteiger partial charge in [-0.15, -0.1) is 0 Å². The molecule has 0 heterocycles. The monoisotopic (exact) mass is 537 g/mol. The van der Waals surface area contributed by atoms with Gasteiger partial charge in [0, 0.05) is 0 Å². The zero-order chi connectivity index (χ0) is 20.1. The quantitative estimate of drug-likeness (QED) is 0.225. The molecule has 0 amide bonds. The third-order valence-electron chi connectivity index (χ3n) is 10.1. The van der Waals surface area contributed by atoms with Crippen molar-refractivity contribution < 1.29 is 15.6 Å². The molecule has 1 heteroatoms. The van der Waals surface area contributed by atoms with E-state index in [-0.39, 0.29) is 0 Å². The first kappa shape index (κ1) is 21.5. The molecule has 0 aromatic heterocycles. The van der Waals surface area contributed by atoms with Crippen LogP contribution >= 0.6 is 0 Å². The zero-order valence-electron chi connectivity index (χ0n) is 19.3. The molecule has 27 heavy (non-hydrogen) atoms. The molecule has 0 saturated heterocycles. The van der Waals surface area contributed by atoms with Crippen LogP contribution in [0.5, 0.6) is 0 Å². The van der Waals surface area contributed by atoms with Crippen LogP contribution in [0.15, 0.2) is 45.4 Å². The number of hydrogen-bond donors (Lipinski definition) is 0. The van der Waals surface area contributed by atoms with Crippen LogP contribution in [0.2, 0.25) is 26.6 Å². The number of rotatable bonds is 7. The van der Waals surface area contributed by atoms with Gasteiger partial charge in [0.1, 0.15) is 0 Å². The third kappa shape index (κ3) is 3.10. The van der Waals surface area contributed by atoms with Gasteiger partial charge in [-0.3, -0.25) is 0 Å². The topological polar surface area (TPSA) is 0 Å². The van der Waals surface area contributed by atoms with Crippen LogP contribution in [0.4, 0.5) is 0 Å². The average molecular weight is 536 g/mol. The van der Waals surface area contributed by atoms with Crippen LogP contribution in [-0.4, -0.2) is 0 Å². The van der Waals surface area contributed by atoms with Crippen molar-refractivity contribution in [3.05, 3.63) is 45.4 Å². The van der Waals surface area contributed by atoms with Gasteiger partial charge >= 0.3 is 165 Å². The van der Waals surface area contributed by atoms with Crippen molar-refractivity contribution in [2.45, 2.75) is 92.3 Å². The molecule has 0 aromatic carbocycles. The summed E-state index contributed by atoms with van der Waals surface area (Å²) in [6.45, 7) is 7.13. The maximum absolute atomic E-state index is 4.30. The van der Waals surface area contributed by atoms with Gasteiger partial charge in [-0.25, -0.2) is 0 Å². The van der Waals surface area contributed by atoms with E-state index in [9.17, 15) is 0 Å². The summed E-state index contributed by atoms with van der Waals surface area (Å²) >= 11 is -4.30. The van der Waals surface area contributed by atoms with E-state index in [2.05, 4.69) is 75.9 Å². The summed E-state index contributed by atoms with van der Waals surface area (Å²) in [7, 11) is 0. The van der Waals surface area contributed by atoms with Gasteiger partial charge in [0.2, 0.25) is 0 Å². The molecule has 0 bridgehead atoms. The van der Waals surface area contributed by atoms with Crippen molar-refractivity contribution in [1.82, 2.24) is 0 Å². The molecule has 3 aliphatic rings. The van der Waals surface area contributed by atoms with Crippen LogP contribution in [0, 0.1) is 11.3 Å². The van der Waals surface area contributed by atoms with E-state index in [1.54, 1.807) is 0 Å². The van der Waals surface area contributed by atoms with Gasteiger partial charge in [0.05, 0.1) is 0 Å². The molecule has 3 rings (SSSR count). The molecule has 2 unspecified atom stereocenters. The number of unbranched alkanes of at least 4 members (excludes halogenated alkanes) is 1. The molecular formula is C26H45Hf. The van der Waals surface area contributed by atoms with Crippen molar-refractivity contribution in [2.24, 2.45) is 11.3 Å². The summed E-state index contributed by atoms with van der Waals surface area (Å²) in [5.74, 6) is 0.705. The average Bonchev–Trinajstić information content (AvgIpc) is 3.30. The molecular weight excluding hydrogens is 491 g/mol. The van der Waals surface area contributed by atoms with E-state index in [0.717, 1.165) is 3.67 Å². The van der Waals surface area contributed by atoms with Crippen LogP contribution in [0.3, 0.4) is 0 Å². The number of allylic oxidation sites excluding steroid dienone is 8. The van der Waals surface area contributed by atoms with Crippen LogP contribution < -0.4 is 0 Å². The summed E-state index contributed by atoms with van der Waals surface area (Å²) in [6.07, 6.45) is 24.4. The second-order valence-corrected chi connectivity index (χ2v) is 71.8. The molecule has 0 spiro atoms. The Bertz CT molecular complexity index is 754. The Hall–Kier alpha value is -0.170. The Kier molecular flexibility index (Phi) is 4.55. The molecule has 0 nitrogen and oxygen atoms in total. The Morgan fingerprint density at radius 2 is 1.74 bits per heavy atom. The predicted molar refractivity (Wildman–Crippen MR) is 122 cm³/mol. The standard InChI is InChI=1S/C13H19.C5H5.C4H9.4CH3.Hf/c1-3-13(4-2)9-8-11-6-5-7-12(11)10-13;1-2-4-5-3-1;1-3-4-2;;;;;/h7-11H,3-6H2,1-2H3;1-3H,4H2;1,3-4H2,2H3;4*1H3;. The SMILES string of the molecule is CCC[CH2][Hf]([CH3])([CH3])([CH3])([CH3])([C]1=CC=CC1)[CH]1CCC2C=CC(CC)(CC)C=C21. The zero-order valence-corrected chi connectivity index (χ0v) is 22.9. The first-order chi connectivity index (χ1) is 12.4. The number of hydrogen-bond acceptors (Lipinski definition) is 0. The van der Waals surface area contributed by atoms with Crippen molar-refractivity contribution >= 4 is 0 Å². The normalized spacial score (nSPS) is 30.7. The van der Waals surface area contributed by atoms with Gasteiger partial charge in [-0.2, -0.15) is 0 Å². The van der Waals surface area contributed by atoms with E-state index >= 15 is 0 Å². The summed E-state index contributed by atoms with van der Waals surface area (Å²) < 4.78 is 15.4. The van der Waals surface area contributed by atoms with Crippen LogP contribution in [0.25, 0.3) is 0 Å². The van der Waals surface area contributed by atoms with Gasteiger partial charge in [-0.05, 0) is 0 Å². The summed E-state index contributed by atoms with van der Waals surface area (Å²) in [5.41, 5.74) is 2.14. The molecule has 0 radical (unpaired) electrons. The Morgan fingerprint density at radius 3 is 2.30 bits per heavy atom. The van der Waals surface area contributed by atoms with Crippen molar-refractivity contribution in [2.75, 3.05) is 0 Å². The predicted octanol–water partition coefficient (Wildman–Crippen LogP) is 9.50. The molecule has 153 valence electrons. The summed E-state index contributed by atoms with van der Waals surface area (Å²) in [6, 6.07) is 0. The van der Waals surface area contributed by atoms with Crippen molar-refractivity contribution in [3.8, 4) is 0 Å². The second kappa shape index (κ2) is 5.71. The van der Waals surface area contributed by atoms with Gasteiger partial charge in [0.25, 0.3) is 0 Å². The third-order valence-corrected chi connectivity index (χ3v) is 49.3. The van der Waals surface area contributed by atoms with E-state index in [1.165, 1.54) is 49.1 Å². The Balaban J connectivity index is 2.22. The van der Waals surface area contributed by atoms with E-state index in [4.69, 9.17) is 0 Å². The molecule has 1 saturated carbocycles. The first-order valence-corrected chi connectivity index (χ1v) is 32.6.